The van der Waals surface area contributed by atoms with Gasteiger partial charge >= 0.3 is 0 Å². The van der Waals surface area contributed by atoms with Crippen molar-refractivity contribution < 1.29 is 13.2 Å². The first-order valence-electron chi connectivity index (χ1n) is 3.97. The standard InChI is InChI=1S/C9H4ClF3N2/c10-8-5-1-4(11)2-6(9(12)13)7(5)14-3-15-8/h1-3,9H. The van der Waals surface area contributed by atoms with Gasteiger partial charge in [-0.2, -0.15) is 0 Å². The van der Waals surface area contributed by atoms with Crippen molar-refractivity contribution in [3.63, 3.8) is 0 Å². The highest BCUT2D eigenvalue weighted by Crippen LogP contribution is 2.29. The monoisotopic (exact) mass is 232 g/mol. The van der Waals surface area contributed by atoms with Crippen molar-refractivity contribution in [1.29, 1.82) is 0 Å². The van der Waals surface area contributed by atoms with E-state index in [1.54, 1.807) is 0 Å². The molecule has 0 aliphatic heterocycles. The zero-order valence-corrected chi connectivity index (χ0v) is 7.97. The summed E-state index contributed by atoms with van der Waals surface area (Å²) in [6, 6.07) is 1.78. The predicted octanol–water partition coefficient (Wildman–Crippen LogP) is 3.36. The topological polar surface area (TPSA) is 25.8 Å². The van der Waals surface area contributed by atoms with E-state index in [-0.39, 0.29) is 16.1 Å². The van der Waals surface area contributed by atoms with Gasteiger partial charge in [0.05, 0.1) is 5.52 Å². The summed E-state index contributed by atoms with van der Waals surface area (Å²) in [5.74, 6) is -0.783. The predicted molar refractivity (Wildman–Crippen MR) is 49.5 cm³/mol. The number of aromatic nitrogens is 2. The van der Waals surface area contributed by atoms with Crippen molar-refractivity contribution >= 4 is 22.5 Å². The molecule has 0 radical (unpaired) electrons. The van der Waals surface area contributed by atoms with Gasteiger partial charge in [-0.05, 0) is 12.1 Å². The lowest BCUT2D eigenvalue weighted by molar-refractivity contribution is 0.152. The fraction of sp³-hybridized carbons (Fsp3) is 0.111. The van der Waals surface area contributed by atoms with Crippen LogP contribution in [0.2, 0.25) is 5.15 Å². The molecular weight excluding hydrogens is 229 g/mol. The molecule has 0 unspecified atom stereocenters. The number of fused-ring (bicyclic) bond motifs is 1. The summed E-state index contributed by atoms with van der Waals surface area (Å²) in [5.41, 5.74) is -0.499. The Balaban J connectivity index is 2.86. The Bertz CT molecular complexity index is 516. The first-order chi connectivity index (χ1) is 7.09. The quantitative estimate of drug-likeness (QED) is 0.705. The van der Waals surface area contributed by atoms with Crippen molar-refractivity contribution in [2.45, 2.75) is 6.43 Å². The van der Waals surface area contributed by atoms with E-state index in [9.17, 15) is 13.2 Å². The summed E-state index contributed by atoms with van der Waals surface area (Å²) in [7, 11) is 0. The molecule has 0 amide bonds. The number of hydrogen-bond donors (Lipinski definition) is 0. The minimum atomic E-state index is -2.80. The van der Waals surface area contributed by atoms with Gasteiger partial charge in [-0.3, -0.25) is 0 Å². The molecule has 0 saturated heterocycles. The van der Waals surface area contributed by atoms with Crippen LogP contribution >= 0.6 is 11.6 Å². The number of hydrogen-bond acceptors (Lipinski definition) is 2. The maximum Gasteiger partial charge on any atom is 0.266 e. The SMILES string of the molecule is Fc1cc(C(F)F)c2ncnc(Cl)c2c1. The molecule has 2 rings (SSSR count). The van der Waals surface area contributed by atoms with Gasteiger partial charge in [0.1, 0.15) is 17.3 Å². The Morgan fingerprint density at radius 3 is 2.60 bits per heavy atom. The van der Waals surface area contributed by atoms with Gasteiger partial charge < -0.3 is 0 Å². The van der Waals surface area contributed by atoms with Gasteiger partial charge in [0.25, 0.3) is 6.43 Å². The zero-order valence-electron chi connectivity index (χ0n) is 7.22. The molecule has 0 aliphatic carbocycles. The second kappa shape index (κ2) is 3.66. The molecule has 15 heavy (non-hydrogen) atoms. The Morgan fingerprint density at radius 2 is 1.93 bits per heavy atom. The number of benzene rings is 1. The summed E-state index contributed by atoms with van der Waals surface area (Å²) in [6.45, 7) is 0. The third kappa shape index (κ3) is 1.74. The van der Waals surface area contributed by atoms with Crippen molar-refractivity contribution in [2.24, 2.45) is 0 Å². The summed E-state index contributed by atoms with van der Waals surface area (Å²) in [6.07, 6.45) is -1.73. The van der Waals surface area contributed by atoms with Crippen LogP contribution < -0.4 is 0 Å². The van der Waals surface area contributed by atoms with Crippen LogP contribution in [0.5, 0.6) is 0 Å². The lowest BCUT2D eigenvalue weighted by Gasteiger charge is -2.05. The summed E-state index contributed by atoms with van der Waals surface area (Å²) in [4.78, 5) is 7.25. The first-order valence-corrected chi connectivity index (χ1v) is 4.35. The van der Waals surface area contributed by atoms with E-state index in [0.717, 1.165) is 18.5 Å². The summed E-state index contributed by atoms with van der Waals surface area (Å²) < 4.78 is 38.1. The van der Waals surface area contributed by atoms with E-state index in [1.165, 1.54) is 0 Å². The number of nitrogens with zero attached hydrogens (tertiary/aromatic N) is 2. The smallest absolute Gasteiger partial charge is 0.236 e. The van der Waals surface area contributed by atoms with Crippen LogP contribution in [0.1, 0.15) is 12.0 Å². The Hall–Kier alpha value is -1.36. The molecule has 0 aliphatic rings. The van der Waals surface area contributed by atoms with Crippen LogP contribution in [0.25, 0.3) is 10.9 Å². The molecular formula is C9H4ClF3N2. The van der Waals surface area contributed by atoms with Crippen LogP contribution in [-0.4, -0.2) is 9.97 Å². The Morgan fingerprint density at radius 1 is 1.20 bits per heavy atom. The van der Waals surface area contributed by atoms with Gasteiger partial charge in [0.15, 0.2) is 0 Å². The molecule has 0 fully saturated rings. The van der Waals surface area contributed by atoms with Crippen LogP contribution in [-0.2, 0) is 0 Å². The van der Waals surface area contributed by atoms with Crippen molar-refractivity contribution in [1.82, 2.24) is 9.97 Å². The minimum Gasteiger partial charge on any atom is -0.236 e. The van der Waals surface area contributed by atoms with Crippen LogP contribution in [0, 0.1) is 5.82 Å². The van der Waals surface area contributed by atoms with E-state index in [2.05, 4.69) is 9.97 Å². The highest BCUT2D eigenvalue weighted by molar-refractivity contribution is 6.34. The zero-order chi connectivity index (χ0) is 11.0. The van der Waals surface area contributed by atoms with Crippen LogP contribution in [0.4, 0.5) is 13.2 Å². The first kappa shape index (κ1) is 10.2. The molecule has 0 bridgehead atoms. The molecule has 6 heteroatoms. The lowest BCUT2D eigenvalue weighted by Crippen LogP contribution is -1.93. The Labute approximate surface area is 87.7 Å². The van der Waals surface area contributed by atoms with Gasteiger partial charge in [0.2, 0.25) is 0 Å². The molecule has 1 aromatic heterocycles. The summed E-state index contributed by atoms with van der Waals surface area (Å²) >= 11 is 5.64. The molecule has 0 atom stereocenters. The molecule has 2 nitrogen and oxygen atoms in total. The van der Waals surface area contributed by atoms with Crippen LogP contribution in [0.15, 0.2) is 18.5 Å². The van der Waals surface area contributed by atoms with Crippen molar-refractivity contribution in [2.75, 3.05) is 0 Å². The minimum absolute atomic E-state index is 0.0219. The fourth-order valence-electron chi connectivity index (χ4n) is 1.29. The highest BCUT2D eigenvalue weighted by Gasteiger charge is 2.16. The number of halogens is 4. The molecule has 0 saturated carbocycles. The van der Waals surface area contributed by atoms with E-state index >= 15 is 0 Å². The average Bonchev–Trinajstić information content (AvgIpc) is 2.18. The van der Waals surface area contributed by atoms with Crippen LogP contribution in [0.3, 0.4) is 0 Å². The van der Waals surface area contributed by atoms with E-state index in [1.807, 2.05) is 0 Å². The van der Waals surface area contributed by atoms with Crippen molar-refractivity contribution in [3.8, 4) is 0 Å². The molecule has 1 aromatic carbocycles. The van der Waals surface area contributed by atoms with E-state index in [4.69, 9.17) is 11.6 Å². The maximum absolute atomic E-state index is 13.0. The molecule has 78 valence electrons. The van der Waals surface area contributed by atoms with Gasteiger partial charge in [-0.1, -0.05) is 11.6 Å². The lowest BCUT2D eigenvalue weighted by atomic mass is 10.1. The van der Waals surface area contributed by atoms with Gasteiger partial charge in [-0.25, -0.2) is 23.1 Å². The van der Waals surface area contributed by atoms with Gasteiger partial charge in [-0.15, -0.1) is 0 Å². The fourth-order valence-corrected chi connectivity index (χ4v) is 1.48. The Kier molecular flexibility index (Phi) is 2.48. The van der Waals surface area contributed by atoms with Gasteiger partial charge in [0, 0.05) is 10.9 Å². The van der Waals surface area contributed by atoms with E-state index in [0.29, 0.717) is 0 Å². The van der Waals surface area contributed by atoms with Crippen molar-refractivity contribution in [3.05, 3.63) is 35.0 Å². The molecule has 1 heterocycles. The second-order valence-electron chi connectivity index (χ2n) is 2.86. The second-order valence-corrected chi connectivity index (χ2v) is 3.21. The third-order valence-corrected chi connectivity index (χ3v) is 2.22. The maximum atomic E-state index is 13.0. The average molecular weight is 233 g/mol. The molecule has 0 spiro atoms. The molecule has 0 N–H and O–H groups in total. The number of rotatable bonds is 1. The largest absolute Gasteiger partial charge is 0.266 e. The summed E-state index contributed by atoms with van der Waals surface area (Å²) in [5, 5.41) is 0.0517. The highest BCUT2D eigenvalue weighted by atomic mass is 35.5. The van der Waals surface area contributed by atoms with E-state index < -0.39 is 17.8 Å². The third-order valence-electron chi connectivity index (χ3n) is 1.92. The molecule has 2 aromatic rings. The number of alkyl halides is 2. The normalized spacial score (nSPS) is 11.3.